The summed E-state index contributed by atoms with van der Waals surface area (Å²) in [7, 11) is 0.435. The van der Waals surface area contributed by atoms with E-state index in [2.05, 4.69) is 15.3 Å². The Balaban J connectivity index is 0.00000101. The van der Waals surface area contributed by atoms with Crippen LogP contribution in [0.25, 0.3) is 0 Å². The lowest BCUT2D eigenvalue weighted by Gasteiger charge is -2.38. The zero-order valence-electron chi connectivity index (χ0n) is 17.8. The Kier molecular flexibility index (Phi) is 8.77. The summed E-state index contributed by atoms with van der Waals surface area (Å²) in [6.45, 7) is 5.82. The topological polar surface area (TPSA) is 128 Å². The Morgan fingerprint density at radius 2 is 1.70 bits per heavy atom. The number of carbonyl (C=O) groups excluding carboxylic acids is 1. The number of carboxylic acid groups (broad SMARTS) is 1. The zero-order valence-corrected chi connectivity index (χ0v) is 18.6. The van der Waals surface area contributed by atoms with Crippen LogP contribution in [-0.4, -0.2) is 102 Å². The number of carbonyl (C=O) groups is 2. The molecule has 2 aliphatic heterocycles. The van der Waals surface area contributed by atoms with E-state index in [1.165, 1.54) is 0 Å². The average Bonchev–Trinajstić information content (AvgIpc) is 3.05. The lowest BCUT2D eigenvalue weighted by atomic mass is 9.98. The van der Waals surface area contributed by atoms with E-state index in [0.29, 0.717) is 49.9 Å². The SMILES string of the molecule is Cc1nn(C)cc1C(=O)NCC1CCN(S(=O)(=O)N2CCN(C)CC2)CC1.O=CO. The first-order valence-corrected chi connectivity index (χ1v) is 11.4. The number of piperidine rings is 1. The van der Waals surface area contributed by atoms with E-state index in [1.54, 1.807) is 26.5 Å². The number of rotatable bonds is 5. The highest BCUT2D eigenvalue weighted by Gasteiger charge is 2.34. The quantitative estimate of drug-likeness (QED) is 0.578. The Morgan fingerprint density at radius 3 is 2.20 bits per heavy atom. The van der Waals surface area contributed by atoms with Crippen LogP contribution in [0.1, 0.15) is 28.9 Å². The van der Waals surface area contributed by atoms with Gasteiger partial charge in [0.25, 0.3) is 22.6 Å². The molecule has 0 spiro atoms. The van der Waals surface area contributed by atoms with Gasteiger partial charge in [-0.25, -0.2) is 0 Å². The summed E-state index contributed by atoms with van der Waals surface area (Å²) in [5.41, 5.74) is 1.30. The Bertz CT molecular complexity index is 811. The molecule has 12 heteroatoms. The third-order valence-corrected chi connectivity index (χ3v) is 7.53. The molecule has 0 atom stereocenters. The standard InChI is InChI=1S/C17H30N6O3S.CH2O2/c1-14-16(13-21(3)19-14)17(24)18-12-15-4-6-22(7-5-15)27(25,26)23-10-8-20(2)9-11-23;2-1-3/h13,15H,4-12H2,1-3H3,(H,18,24);1H,(H,2,3). The minimum atomic E-state index is -3.37. The van der Waals surface area contributed by atoms with Gasteiger partial charge in [-0.1, -0.05) is 0 Å². The van der Waals surface area contributed by atoms with Crippen molar-refractivity contribution in [3.05, 3.63) is 17.5 Å². The Hall–Kier alpha value is -2.02. The van der Waals surface area contributed by atoms with Gasteiger partial charge in [0.15, 0.2) is 0 Å². The van der Waals surface area contributed by atoms with Crippen molar-refractivity contribution in [2.45, 2.75) is 19.8 Å². The first kappa shape index (κ1) is 24.3. The van der Waals surface area contributed by atoms with Crippen molar-refractivity contribution >= 4 is 22.6 Å². The van der Waals surface area contributed by atoms with Crippen LogP contribution < -0.4 is 5.32 Å². The van der Waals surface area contributed by atoms with Crippen molar-refractivity contribution in [2.75, 3.05) is 52.9 Å². The molecule has 1 aromatic rings. The molecule has 0 radical (unpaired) electrons. The monoisotopic (exact) mass is 444 g/mol. The predicted molar refractivity (Wildman–Crippen MR) is 111 cm³/mol. The third-order valence-electron chi connectivity index (χ3n) is 5.50. The molecule has 30 heavy (non-hydrogen) atoms. The number of hydrogen-bond donors (Lipinski definition) is 2. The molecule has 0 aliphatic carbocycles. The molecular formula is C18H32N6O5S. The van der Waals surface area contributed by atoms with E-state index in [1.807, 2.05) is 14.0 Å². The normalized spacial score (nSPS) is 19.7. The number of likely N-dealkylation sites (N-methyl/N-ethyl adjacent to an activating group) is 1. The molecule has 2 N–H and O–H groups in total. The Morgan fingerprint density at radius 1 is 1.17 bits per heavy atom. The van der Waals surface area contributed by atoms with Gasteiger partial charge in [0.2, 0.25) is 0 Å². The minimum Gasteiger partial charge on any atom is -0.483 e. The first-order chi connectivity index (χ1) is 14.2. The van der Waals surface area contributed by atoms with E-state index in [9.17, 15) is 13.2 Å². The summed E-state index contributed by atoms with van der Waals surface area (Å²) in [6, 6.07) is 0. The summed E-state index contributed by atoms with van der Waals surface area (Å²) >= 11 is 0. The van der Waals surface area contributed by atoms with Crippen LogP contribution in [0.2, 0.25) is 0 Å². The van der Waals surface area contributed by atoms with Crippen molar-refractivity contribution < 1.29 is 23.1 Å². The molecule has 2 aliphatic rings. The summed E-state index contributed by atoms with van der Waals surface area (Å²) in [5.74, 6) is 0.179. The summed E-state index contributed by atoms with van der Waals surface area (Å²) in [6.07, 6.45) is 3.24. The summed E-state index contributed by atoms with van der Waals surface area (Å²) in [4.78, 5) is 22.8. The van der Waals surface area contributed by atoms with Gasteiger partial charge in [-0.05, 0) is 32.7 Å². The van der Waals surface area contributed by atoms with Gasteiger partial charge >= 0.3 is 0 Å². The molecule has 0 aromatic carbocycles. The molecule has 2 fully saturated rings. The maximum atomic E-state index is 12.8. The number of aromatic nitrogens is 2. The van der Waals surface area contributed by atoms with Gasteiger partial charge in [0.1, 0.15) is 0 Å². The van der Waals surface area contributed by atoms with Gasteiger partial charge in [-0.2, -0.15) is 22.1 Å². The molecule has 3 heterocycles. The van der Waals surface area contributed by atoms with Gasteiger partial charge in [0.05, 0.1) is 11.3 Å². The number of piperazine rings is 1. The second-order valence-electron chi connectivity index (χ2n) is 7.67. The van der Waals surface area contributed by atoms with Crippen molar-refractivity contribution in [1.29, 1.82) is 0 Å². The maximum absolute atomic E-state index is 12.8. The fourth-order valence-electron chi connectivity index (χ4n) is 3.68. The maximum Gasteiger partial charge on any atom is 0.290 e. The number of aryl methyl sites for hydroxylation is 2. The molecule has 0 saturated carbocycles. The predicted octanol–water partition coefficient (Wildman–Crippen LogP) is -0.637. The largest absolute Gasteiger partial charge is 0.483 e. The van der Waals surface area contributed by atoms with Crippen LogP contribution in [0.3, 0.4) is 0 Å². The minimum absolute atomic E-state index is 0.118. The van der Waals surface area contributed by atoms with Crippen LogP contribution >= 0.6 is 0 Å². The number of hydrogen-bond acceptors (Lipinski definition) is 6. The number of amides is 1. The van der Waals surface area contributed by atoms with E-state index in [-0.39, 0.29) is 12.4 Å². The van der Waals surface area contributed by atoms with Crippen molar-refractivity contribution in [3.8, 4) is 0 Å². The number of nitrogens with zero attached hydrogens (tertiary/aromatic N) is 5. The number of nitrogens with one attached hydrogen (secondary N) is 1. The molecule has 11 nitrogen and oxygen atoms in total. The molecule has 2 saturated heterocycles. The van der Waals surface area contributed by atoms with E-state index in [4.69, 9.17) is 9.90 Å². The average molecular weight is 445 g/mol. The fourth-order valence-corrected chi connectivity index (χ4v) is 5.30. The summed E-state index contributed by atoms with van der Waals surface area (Å²) < 4.78 is 30.4. The van der Waals surface area contributed by atoms with Crippen LogP contribution in [0.4, 0.5) is 0 Å². The molecule has 0 bridgehead atoms. The van der Waals surface area contributed by atoms with Crippen LogP contribution in [-0.2, 0) is 22.1 Å². The van der Waals surface area contributed by atoms with Crippen LogP contribution in [0.15, 0.2) is 6.20 Å². The summed E-state index contributed by atoms with van der Waals surface area (Å²) in [5, 5.41) is 14.0. The van der Waals surface area contributed by atoms with Crippen LogP contribution in [0, 0.1) is 12.8 Å². The van der Waals surface area contributed by atoms with Crippen molar-refractivity contribution in [1.82, 2.24) is 28.6 Å². The van der Waals surface area contributed by atoms with Crippen LogP contribution in [0.5, 0.6) is 0 Å². The van der Waals surface area contributed by atoms with E-state index < -0.39 is 10.2 Å². The highest BCUT2D eigenvalue weighted by Crippen LogP contribution is 2.22. The molecule has 170 valence electrons. The molecule has 1 aromatic heterocycles. The van der Waals surface area contributed by atoms with E-state index in [0.717, 1.165) is 25.9 Å². The van der Waals surface area contributed by atoms with Crippen molar-refractivity contribution in [3.63, 3.8) is 0 Å². The second kappa shape index (κ2) is 10.8. The smallest absolute Gasteiger partial charge is 0.290 e. The molecular weight excluding hydrogens is 412 g/mol. The van der Waals surface area contributed by atoms with Gasteiger partial charge < -0.3 is 15.3 Å². The fraction of sp³-hybridized carbons (Fsp3) is 0.722. The highest BCUT2D eigenvalue weighted by atomic mass is 32.2. The lowest BCUT2D eigenvalue weighted by Crippen LogP contribution is -2.53. The second-order valence-corrected chi connectivity index (χ2v) is 9.60. The van der Waals surface area contributed by atoms with Crippen molar-refractivity contribution in [2.24, 2.45) is 13.0 Å². The zero-order chi connectivity index (χ0) is 22.3. The van der Waals surface area contributed by atoms with Gasteiger partial charge in [0, 0.05) is 59.1 Å². The van der Waals surface area contributed by atoms with Gasteiger partial charge in [-0.15, -0.1) is 0 Å². The Labute approximate surface area is 177 Å². The van der Waals surface area contributed by atoms with E-state index >= 15 is 0 Å². The van der Waals surface area contributed by atoms with Gasteiger partial charge in [-0.3, -0.25) is 14.3 Å². The lowest BCUT2D eigenvalue weighted by molar-refractivity contribution is -0.122. The highest BCUT2D eigenvalue weighted by molar-refractivity contribution is 7.86. The molecule has 3 rings (SSSR count). The third kappa shape index (κ3) is 6.24. The first-order valence-electron chi connectivity index (χ1n) is 9.99. The molecule has 0 unspecified atom stereocenters. The molecule has 1 amide bonds.